The fraction of sp³-hybridized carbons (Fsp3) is 0.0769. The predicted octanol–water partition coefficient (Wildman–Crippen LogP) is 1.47. The Morgan fingerprint density at radius 3 is 2.53 bits per heavy atom. The molecule has 0 radical (unpaired) electrons. The van der Waals surface area contributed by atoms with Gasteiger partial charge >= 0.3 is 0 Å². The maximum Gasteiger partial charge on any atom is 0.254 e. The number of aromatic nitrogens is 1. The van der Waals surface area contributed by atoms with Crippen molar-refractivity contribution in [3.63, 3.8) is 0 Å². The molecule has 0 saturated heterocycles. The smallest absolute Gasteiger partial charge is 0.254 e. The van der Waals surface area contributed by atoms with Gasteiger partial charge in [-0.05, 0) is 23.8 Å². The van der Waals surface area contributed by atoms with Gasteiger partial charge in [0, 0.05) is 12.3 Å². The molecule has 84 valence electrons. The van der Waals surface area contributed by atoms with Crippen molar-refractivity contribution in [1.82, 2.24) is 4.57 Å². The third kappa shape index (κ3) is 2.52. The second-order valence-corrected chi connectivity index (χ2v) is 3.66. The normalized spacial score (nSPS) is 9.82. The van der Waals surface area contributed by atoms with E-state index < -0.39 is 0 Å². The van der Waals surface area contributed by atoms with Gasteiger partial charge in [0.1, 0.15) is 5.75 Å². The molecule has 1 aromatic carbocycles. The fourth-order valence-electron chi connectivity index (χ4n) is 1.51. The third-order valence-electron chi connectivity index (χ3n) is 2.42. The molecule has 0 amide bonds. The summed E-state index contributed by atoms with van der Waals surface area (Å²) in [6, 6.07) is 11.7. The Morgan fingerprint density at radius 2 is 1.94 bits per heavy atom. The van der Waals surface area contributed by atoms with Gasteiger partial charge in [-0.1, -0.05) is 12.1 Å². The molecule has 1 aromatic heterocycles. The van der Waals surface area contributed by atoms with E-state index in [0.29, 0.717) is 12.1 Å². The minimum atomic E-state index is -0.255. The van der Waals surface area contributed by atoms with Crippen LogP contribution in [-0.2, 0) is 6.54 Å². The van der Waals surface area contributed by atoms with E-state index in [9.17, 15) is 4.79 Å². The first-order valence-corrected chi connectivity index (χ1v) is 5.07. The lowest BCUT2D eigenvalue weighted by Gasteiger charge is -2.05. The van der Waals surface area contributed by atoms with E-state index in [4.69, 9.17) is 10.4 Å². The monoisotopic (exact) mass is 226 g/mol. The zero-order valence-electron chi connectivity index (χ0n) is 9.00. The van der Waals surface area contributed by atoms with Gasteiger partial charge in [0.15, 0.2) is 0 Å². The highest BCUT2D eigenvalue weighted by atomic mass is 16.3. The lowest BCUT2D eigenvalue weighted by molar-refractivity contribution is 0.471. The summed E-state index contributed by atoms with van der Waals surface area (Å²) in [5, 5.41) is 17.8. The van der Waals surface area contributed by atoms with Gasteiger partial charge in [-0.25, -0.2) is 0 Å². The van der Waals surface area contributed by atoms with Crippen LogP contribution in [0.3, 0.4) is 0 Å². The first-order valence-electron chi connectivity index (χ1n) is 5.07. The average molecular weight is 226 g/mol. The highest BCUT2D eigenvalue weighted by molar-refractivity contribution is 5.31. The largest absolute Gasteiger partial charge is 0.508 e. The van der Waals surface area contributed by atoms with E-state index in [1.807, 2.05) is 6.07 Å². The first-order chi connectivity index (χ1) is 8.19. The van der Waals surface area contributed by atoms with Gasteiger partial charge < -0.3 is 9.67 Å². The average Bonchev–Trinajstić information content (AvgIpc) is 2.34. The SMILES string of the molecule is N#Cc1ccc(Cn2ccc(O)cc2=O)cc1. The maximum atomic E-state index is 11.5. The molecule has 1 heterocycles. The Bertz CT molecular complexity index is 621. The van der Waals surface area contributed by atoms with Crippen molar-refractivity contribution in [2.75, 3.05) is 0 Å². The number of hydrogen-bond acceptors (Lipinski definition) is 3. The van der Waals surface area contributed by atoms with Crippen molar-refractivity contribution < 1.29 is 5.11 Å². The summed E-state index contributed by atoms with van der Waals surface area (Å²) in [5.74, 6) is -0.0360. The molecule has 0 aliphatic rings. The number of nitriles is 1. The highest BCUT2D eigenvalue weighted by Crippen LogP contribution is 2.06. The molecule has 0 aliphatic carbocycles. The van der Waals surface area contributed by atoms with Gasteiger partial charge in [0.2, 0.25) is 0 Å². The van der Waals surface area contributed by atoms with Crippen LogP contribution in [0.4, 0.5) is 0 Å². The van der Waals surface area contributed by atoms with Crippen molar-refractivity contribution in [2.45, 2.75) is 6.54 Å². The lowest BCUT2D eigenvalue weighted by atomic mass is 10.1. The summed E-state index contributed by atoms with van der Waals surface area (Å²) in [6.45, 7) is 0.421. The predicted molar refractivity (Wildman–Crippen MR) is 62.6 cm³/mol. The molecule has 4 heteroatoms. The van der Waals surface area contributed by atoms with Crippen LogP contribution < -0.4 is 5.56 Å². The maximum absolute atomic E-state index is 11.5. The Balaban J connectivity index is 2.26. The molecule has 2 aromatic rings. The zero-order chi connectivity index (χ0) is 12.3. The Morgan fingerprint density at radius 1 is 1.24 bits per heavy atom. The standard InChI is InChI=1S/C13H10N2O2/c14-8-10-1-3-11(4-2-10)9-15-6-5-12(16)7-13(15)17/h1-7,16H,9H2. The topological polar surface area (TPSA) is 66.0 Å². The van der Waals surface area contributed by atoms with E-state index in [2.05, 4.69) is 0 Å². The first kappa shape index (κ1) is 11.0. The van der Waals surface area contributed by atoms with Crippen molar-refractivity contribution >= 4 is 0 Å². The van der Waals surface area contributed by atoms with Crippen LogP contribution in [0.15, 0.2) is 47.4 Å². The van der Waals surface area contributed by atoms with Crippen LogP contribution >= 0.6 is 0 Å². The minimum absolute atomic E-state index is 0.0360. The fourth-order valence-corrected chi connectivity index (χ4v) is 1.51. The van der Waals surface area contributed by atoms with Crippen molar-refractivity contribution in [2.24, 2.45) is 0 Å². The number of benzene rings is 1. The second kappa shape index (κ2) is 4.54. The Hall–Kier alpha value is -2.54. The molecular weight excluding hydrogens is 216 g/mol. The van der Waals surface area contributed by atoms with Crippen LogP contribution in [0.2, 0.25) is 0 Å². The van der Waals surface area contributed by atoms with E-state index >= 15 is 0 Å². The molecule has 0 bridgehead atoms. The Kier molecular flexibility index (Phi) is 2.93. The van der Waals surface area contributed by atoms with E-state index in [-0.39, 0.29) is 11.3 Å². The molecule has 0 spiro atoms. The molecule has 0 aliphatic heterocycles. The van der Waals surface area contributed by atoms with E-state index in [0.717, 1.165) is 5.56 Å². The summed E-state index contributed by atoms with van der Waals surface area (Å²) in [5.41, 5.74) is 1.26. The molecule has 2 rings (SSSR count). The summed E-state index contributed by atoms with van der Waals surface area (Å²) in [7, 11) is 0. The molecule has 1 N–H and O–H groups in total. The number of rotatable bonds is 2. The minimum Gasteiger partial charge on any atom is -0.508 e. The van der Waals surface area contributed by atoms with Gasteiger partial charge in [-0.3, -0.25) is 4.79 Å². The zero-order valence-corrected chi connectivity index (χ0v) is 9.00. The number of aromatic hydroxyl groups is 1. The quantitative estimate of drug-likeness (QED) is 0.843. The third-order valence-corrected chi connectivity index (χ3v) is 2.42. The molecule has 0 saturated carbocycles. The van der Waals surface area contributed by atoms with Crippen molar-refractivity contribution in [3.8, 4) is 11.8 Å². The van der Waals surface area contributed by atoms with E-state index in [1.165, 1.54) is 22.9 Å². The Labute approximate surface area is 98.0 Å². The van der Waals surface area contributed by atoms with Crippen LogP contribution in [0.25, 0.3) is 0 Å². The number of nitrogens with zero attached hydrogens (tertiary/aromatic N) is 2. The molecule has 0 atom stereocenters. The summed E-state index contributed by atoms with van der Waals surface area (Å²) < 4.78 is 1.49. The molecule has 17 heavy (non-hydrogen) atoms. The highest BCUT2D eigenvalue weighted by Gasteiger charge is 1.99. The van der Waals surface area contributed by atoms with Crippen molar-refractivity contribution in [3.05, 3.63) is 64.1 Å². The van der Waals surface area contributed by atoms with Gasteiger partial charge in [-0.2, -0.15) is 5.26 Å². The summed E-state index contributed by atoms with van der Waals surface area (Å²) >= 11 is 0. The molecule has 0 fully saturated rings. The lowest BCUT2D eigenvalue weighted by Crippen LogP contribution is -2.18. The molecular formula is C13H10N2O2. The van der Waals surface area contributed by atoms with Crippen LogP contribution in [-0.4, -0.2) is 9.67 Å². The molecule has 4 nitrogen and oxygen atoms in total. The number of pyridine rings is 1. The summed E-state index contributed by atoms with van der Waals surface area (Å²) in [6.07, 6.45) is 1.54. The van der Waals surface area contributed by atoms with Crippen molar-refractivity contribution in [1.29, 1.82) is 5.26 Å². The second-order valence-electron chi connectivity index (χ2n) is 3.66. The summed E-state index contributed by atoms with van der Waals surface area (Å²) in [4.78, 5) is 11.5. The van der Waals surface area contributed by atoms with Crippen LogP contribution in [0.1, 0.15) is 11.1 Å². The van der Waals surface area contributed by atoms with Crippen LogP contribution in [0.5, 0.6) is 5.75 Å². The van der Waals surface area contributed by atoms with Gasteiger partial charge in [0.25, 0.3) is 5.56 Å². The van der Waals surface area contributed by atoms with Crippen LogP contribution in [0, 0.1) is 11.3 Å². The van der Waals surface area contributed by atoms with Gasteiger partial charge in [0.05, 0.1) is 18.2 Å². The van der Waals surface area contributed by atoms with Gasteiger partial charge in [-0.15, -0.1) is 0 Å². The molecule has 0 unspecified atom stereocenters. The van der Waals surface area contributed by atoms with E-state index in [1.54, 1.807) is 24.3 Å². The number of hydrogen-bond donors (Lipinski definition) is 1.